The van der Waals surface area contributed by atoms with Crippen molar-refractivity contribution in [2.45, 2.75) is 70.4 Å². The Kier molecular flexibility index (Phi) is 4.08. The molecule has 3 rings (SSSR count). The molecule has 1 N–H and O–H groups in total. The summed E-state index contributed by atoms with van der Waals surface area (Å²) in [5.74, 6) is -0.0885. The summed E-state index contributed by atoms with van der Waals surface area (Å²) >= 11 is 0. The SMILES string of the molecule is CC(C(=O)NC1CCCCC1)n1nc2c(cc1=O)CCC2. The molecule has 5 nitrogen and oxygen atoms in total. The maximum atomic E-state index is 12.4. The van der Waals surface area contributed by atoms with Gasteiger partial charge in [0.2, 0.25) is 5.91 Å². The molecular formula is C16H23N3O2. The van der Waals surface area contributed by atoms with Crippen molar-refractivity contribution >= 4 is 5.91 Å². The van der Waals surface area contributed by atoms with Crippen molar-refractivity contribution in [3.05, 3.63) is 27.7 Å². The Morgan fingerprint density at radius 1 is 1.29 bits per heavy atom. The van der Waals surface area contributed by atoms with Crippen LogP contribution in [0.5, 0.6) is 0 Å². The molecule has 0 radical (unpaired) electrons. The number of amides is 1. The first kappa shape index (κ1) is 14.3. The molecule has 1 saturated carbocycles. The van der Waals surface area contributed by atoms with E-state index in [0.717, 1.165) is 43.4 Å². The van der Waals surface area contributed by atoms with Crippen LogP contribution in [0.2, 0.25) is 0 Å². The van der Waals surface area contributed by atoms with E-state index in [-0.39, 0.29) is 17.5 Å². The zero-order valence-corrected chi connectivity index (χ0v) is 12.6. The number of nitrogens with one attached hydrogen (secondary N) is 1. The van der Waals surface area contributed by atoms with Crippen molar-refractivity contribution < 1.29 is 4.79 Å². The summed E-state index contributed by atoms with van der Waals surface area (Å²) < 4.78 is 1.35. The van der Waals surface area contributed by atoms with E-state index in [4.69, 9.17) is 0 Å². The summed E-state index contributed by atoms with van der Waals surface area (Å²) in [5, 5.41) is 7.48. The molecule has 1 heterocycles. The predicted molar refractivity (Wildman–Crippen MR) is 80.2 cm³/mol. The molecule has 2 aliphatic rings. The third-order valence-electron chi connectivity index (χ3n) is 4.68. The second-order valence-corrected chi connectivity index (χ2v) is 6.27. The number of aromatic nitrogens is 2. The topological polar surface area (TPSA) is 64.0 Å². The highest BCUT2D eigenvalue weighted by molar-refractivity contribution is 5.80. The van der Waals surface area contributed by atoms with Gasteiger partial charge in [-0.25, -0.2) is 4.68 Å². The highest BCUT2D eigenvalue weighted by atomic mass is 16.2. The average Bonchev–Trinajstić information content (AvgIpc) is 2.93. The maximum absolute atomic E-state index is 12.4. The Bertz CT molecular complexity index is 588. The number of carbonyl (C=O) groups excluding carboxylic acids is 1. The highest BCUT2D eigenvalue weighted by Crippen LogP contribution is 2.19. The molecular weight excluding hydrogens is 266 g/mol. The van der Waals surface area contributed by atoms with Crippen LogP contribution >= 0.6 is 0 Å². The van der Waals surface area contributed by atoms with Crippen LogP contribution in [-0.4, -0.2) is 21.7 Å². The summed E-state index contributed by atoms with van der Waals surface area (Å²) in [7, 11) is 0. The van der Waals surface area contributed by atoms with Gasteiger partial charge in [0.15, 0.2) is 0 Å². The first-order valence-corrected chi connectivity index (χ1v) is 8.07. The van der Waals surface area contributed by atoms with Crippen LogP contribution in [-0.2, 0) is 17.6 Å². The Balaban J connectivity index is 1.73. The molecule has 0 saturated heterocycles. The van der Waals surface area contributed by atoms with Gasteiger partial charge in [-0.15, -0.1) is 0 Å². The molecule has 21 heavy (non-hydrogen) atoms. The lowest BCUT2D eigenvalue weighted by Gasteiger charge is -2.24. The molecule has 1 unspecified atom stereocenters. The van der Waals surface area contributed by atoms with Crippen LogP contribution in [0.25, 0.3) is 0 Å². The smallest absolute Gasteiger partial charge is 0.267 e. The number of carbonyl (C=O) groups is 1. The van der Waals surface area contributed by atoms with Crippen LogP contribution in [0.1, 0.15) is 62.7 Å². The maximum Gasteiger partial charge on any atom is 0.267 e. The summed E-state index contributed by atoms with van der Waals surface area (Å²) in [5.41, 5.74) is 1.87. The molecule has 1 fully saturated rings. The van der Waals surface area contributed by atoms with E-state index in [0.29, 0.717) is 0 Å². The van der Waals surface area contributed by atoms with Crippen LogP contribution < -0.4 is 10.9 Å². The number of fused-ring (bicyclic) bond motifs is 1. The molecule has 0 aromatic carbocycles. The summed E-state index contributed by atoms with van der Waals surface area (Å²) in [6.07, 6.45) is 8.60. The third-order valence-corrected chi connectivity index (χ3v) is 4.68. The van der Waals surface area contributed by atoms with Crippen molar-refractivity contribution in [1.29, 1.82) is 0 Å². The van der Waals surface area contributed by atoms with E-state index in [1.54, 1.807) is 13.0 Å². The van der Waals surface area contributed by atoms with Gasteiger partial charge in [0.05, 0.1) is 5.69 Å². The minimum atomic E-state index is -0.537. The molecule has 1 aromatic heterocycles. The van der Waals surface area contributed by atoms with Gasteiger partial charge in [-0.1, -0.05) is 19.3 Å². The van der Waals surface area contributed by atoms with E-state index < -0.39 is 6.04 Å². The molecule has 114 valence electrons. The van der Waals surface area contributed by atoms with Gasteiger partial charge in [0.1, 0.15) is 6.04 Å². The molecule has 0 spiro atoms. The Morgan fingerprint density at radius 3 is 2.81 bits per heavy atom. The second kappa shape index (κ2) is 6.00. The van der Waals surface area contributed by atoms with Crippen LogP contribution in [0.3, 0.4) is 0 Å². The lowest BCUT2D eigenvalue weighted by atomic mass is 9.95. The van der Waals surface area contributed by atoms with Crippen molar-refractivity contribution in [3.8, 4) is 0 Å². The van der Waals surface area contributed by atoms with E-state index in [2.05, 4.69) is 10.4 Å². The number of aryl methyl sites for hydroxylation is 2. The third kappa shape index (κ3) is 3.01. The average molecular weight is 289 g/mol. The zero-order chi connectivity index (χ0) is 14.8. The van der Waals surface area contributed by atoms with Crippen molar-refractivity contribution in [1.82, 2.24) is 15.1 Å². The van der Waals surface area contributed by atoms with Crippen molar-refractivity contribution in [3.63, 3.8) is 0 Å². The Labute approximate surface area is 124 Å². The largest absolute Gasteiger partial charge is 0.352 e. The van der Waals surface area contributed by atoms with E-state index in [1.807, 2.05) is 0 Å². The van der Waals surface area contributed by atoms with E-state index in [9.17, 15) is 9.59 Å². The molecule has 1 amide bonds. The van der Waals surface area contributed by atoms with E-state index in [1.165, 1.54) is 23.9 Å². The number of hydrogen-bond acceptors (Lipinski definition) is 3. The number of rotatable bonds is 3. The number of hydrogen-bond donors (Lipinski definition) is 1. The standard InChI is InChI=1S/C16H23N3O2/c1-11(16(21)17-13-7-3-2-4-8-13)19-15(20)10-12-6-5-9-14(12)18-19/h10-11,13H,2-9H2,1H3,(H,17,21). The monoisotopic (exact) mass is 289 g/mol. The number of nitrogens with zero attached hydrogens (tertiary/aromatic N) is 2. The zero-order valence-electron chi connectivity index (χ0n) is 12.6. The Morgan fingerprint density at radius 2 is 2.05 bits per heavy atom. The van der Waals surface area contributed by atoms with E-state index >= 15 is 0 Å². The fraction of sp³-hybridized carbons (Fsp3) is 0.688. The molecule has 0 aliphatic heterocycles. The highest BCUT2D eigenvalue weighted by Gasteiger charge is 2.23. The first-order valence-electron chi connectivity index (χ1n) is 8.07. The van der Waals surface area contributed by atoms with Crippen LogP contribution in [0, 0.1) is 0 Å². The molecule has 5 heteroatoms. The van der Waals surface area contributed by atoms with Crippen LogP contribution in [0.15, 0.2) is 10.9 Å². The fourth-order valence-electron chi connectivity index (χ4n) is 3.37. The van der Waals surface area contributed by atoms with Gasteiger partial charge in [-0.05, 0) is 44.6 Å². The lowest BCUT2D eigenvalue weighted by molar-refractivity contribution is -0.125. The predicted octanol–water partition coefficient (Wildman–Crippen LogP) is 1.74. The van der Waals surface area contributed by atoms with Gasteiger partial charge in [0, 0.05) is 12.1 Å². The van der Waals surface area contributed by atoms with Crippen molar-refractivity contribution in [2.24, 2.45) is 0 Å². The lowest BCUT2D eigenvalue weighted by Crippen LogP contribution is -2.42. The van der Waals surface area contributed by atoms with Crippen LogP contribution in [0.4, 0.5) is 0 Å². The molecule has 1 atom stereocenters. The molecule has 2 aliphatic carbocycles. The summed E-state index contributed by atoms with van der Waals surface area (Å²) in [6, 6.07) is 1.38. The van der Waals surface area contributed by atoms with Gasteiger partial charge >= 0.3 is 0 Å². The normalized spacial score (nSPS) is 20.0. The quantitative estimate of drug-likeness (QED) is 0.922. The minimum Gasteiger partial charge on any atom is -0.352 e. The summed E-state index contributed by atoms with van der Waals surface area (Å²) in [6.45, 7) is 1.76. The van der Waals surface area contributed by atoms with Gasteiger partial charge in [0.25, 0.3) is 5.56 Å². The second-order valence-electron chi connectivity index (χ2n) is 6.27. The first-order chi connectivity index (χ1) is 10.1. The molecule has 1 aromatic rings. The fourth-order valence-corrected chi connectivity index (χ4v) is 3.37. The van der Waals surface area contributed by atoms with Gasteiger partial charge < -0.3 is 5.32 Å². The van der Waals surface area contributed by atoms with Gasteiger partial charge in [-0.3, -0.25) is 9.59 Å². The van der Waals surface area contributed by atoms with Crippen molar-refractivity contribution in [2.75, 3.05) is 0 Å². The minimum absolute atomic E-state index is 0.0885. The summed E-state index contributed by atoms with van der Waals surface area (Å²) in [4.78, 5) is 24.5. The van der Waals surface area contributed by atoms with Gasteiger partial charge in [-0.2, -0.15) is 5.10 Å². The molecule has 0 bridgehead atoms. The Hall–Kier alpha value is -1.65.